The van der Waals surface area contributed by atoms with Gasteiger partial charge in [0, 0.05) is 17.7 Å². The van der Waals surface area contributed by atoms with Crippen molar-refractivity contribution in [1.82, 2.24) is 10.2 Å². The average molecular weight is 488 g/mol. The van der Waals surface area contributed by atoms with Gasteiger partial charge in [-0.15, -0.1) is 0 Å². The molecule has 4 rings (SSSR count). The third-order valence-corrected chi connectivity index (χ3v) is 6.56. The second-order valence-corrected chi connectivity index (χ2v) is 9.73. The van der Waals surface area contributed by atoms with Gasteiger partial charge < -0.3 is 10.2 Å². The number of allylic oxidation sites excluding steroid dienone is 1. The summed E-state index contributed by atoms with van der Waals surface area (Å²) in [5.74, 6) is -4.20. The molecule has 184 valence electrons. The summed E-state index contributed by atoms with van der Waals surface area (Å²) in [5.41, 5.74) is -4.72. The number of nitrogens with zero attached hydrogens (tertiary/aromatic N) is 1. The zero-order valence-corrected chi connectivity index (χ0v) is 19.4. The Bertz CT molecular complexity index is 1220. The monoisotopic (exact) mass is 488 g/mol. The number of amides is 2. The van der Waals surface area contributed by atoms with Gasteiger partial charge in [-0.1, -0.05) is 44.2 Å². The van der Waals surface area contributed by atoms with Gasteiger partial charge in [-0.3, -0.25) is 14.4 Å². The van der Waals surface area contributed by atoms with E-state index < -0.39 is 52.2 Å². The molecule has 1 aliphatic heterocycles. The summed E-state index contributed by atoms with van der Waals surface area (Å²) < 4.78 is 57.9. The van der Waals surface area contributed by atoms with E-state index >= 15 is 0 Å². The summed E-state index contributed by atoms with van der Waals surface area (Å²) in [6.45, 7) is 5.07. The molecule has 0 fully saturated rings. The first-order chi connectivity index (χ1) is 16.3. The Labute approximate surface area is 199 Å². The molecule has 9 heteroatoms. The minimum Gasteiger partial charge on any atom is -0.326 e. The maximum absolute atomic E-state index is 14.9. The number of Topliss-reactive ketones (excluding diaryl/α,β-unsaturated/α-hetero) is 1. The van der Waals surface area contributed by atoms with Crippen LogP contribution in [0.5, 0.6) is 0 Å². The highest BCUT2D eigenvalue weighted by Crippen LogP contribution is 2.53. The van der Waals surface area contributed by atoms with Crippen molar-refractivity contribution >= 4 is 17.6 Å². The summed E-state index contributed by atoms with van der Waals surface area (Å²) in [7, 11) is 0. The summed E-state index contributed by atoms with van der Waals surface area (Å²) in [5, 5.41) is 1.85. The van der Waals surface area contributed by atoms with Crippen LogP contribution in [-0.2, 0) is 9.59 Å². The van der Waals surface area contributed by atoms with Crippen molar-refractivity contribution < 1.29 is 31.9 Å². The highest BCUT2D eigenvalue weighted by atomic mass is 19.4. The fourth-order valence-corrected chi connectivity index (χ4v) is 4.91. The first-order valence-electron chi connectivity index (χ1n) is 11.1. The van der Waals surface area contributed by atoms with Crippen LogP contribution in [0.4, 0.5) is 17.6 Å². The molecule has 0 saturated carbocycles. The summed E-state index contributed by atoms with van der Waals surface area (Å²) in [6, 6.07) is 11.5. The molecule has 5 nitrogen and oxygen atoms in total. The van der Waals surface area contributed by atoms with E-state index in [1.54, 1.807) is 51.1 Å². The van der Waals surface area contributed by atoms with Crippen molar-refractivity contribution in [2.75, 3.05) is 0 Å². The van der Waals surface area contributed by atoms with E-state index in [-0.39, 0.29) is 24.1 Å². The molecule has 35 heavy (non-hydrogen) atoms. The molecule has 2 aromatic carbocycles. The number of carbonyl (C=O) groups excluding carboxylic acids is 3. The van der Waals surface area contributed by atoms with E-state index in [0.717, 1.165) is 29.2 Å². The van der Waals surface area contributed by atoms with E-state index in [2.05, 4.69) is 0 Å². The fourth-order valence-electron chi connectivity index (χ4n) is 4.91. The van der Waals surface area contributed by atoms with Crippen LogP contribution in [0.25, 0.3) is 0 Å². The smallest absolute Gasteiger partial charge is 0.326 e. The van der Waals surface area contributed by atoms with Crippen LogP contribution in [-0.4, -0.2) is 34.2 Å². The molecular weight excluding hydrogens is 464 g/mol. The Morgan fingerprint density at radius 1 is 1.00 bits per heavy atom. The number of alkyl halides is 3. The number of benzene rings is 2. The molecule has 0 bridgehead atoms. The van der Waals surface area contributed by atoms with Gasteiger partial charge in [-0.05, 0) is 48.6 Å². The van der Waals surface area contributed by atoms with Gasteiger partial charge in [-0.25, -0.2) is 4.39 Å². The normalized spacial score (nSPS) is 22.8. The second-order valence-electron chi connectivity index (χ2n) is 9.73. The summed E-state index contributed by atoms with van der Waals surface area (Å²) >= 11 is 0. The van der Waals surface area contributed by atoms with Gasteiger partial charge in [-0.2, -0.15) is 13.2 Å². The highest BCUT2D eigenvalue weighted by molar-refractivity contribution is 6.14. The molecule has 2 atom stereocenters. The van der Waals surface area contributed by atoms with Crippen LogP contribution in [0.3, 0.4) is 0 Å². The van der Waals surface area contributed by atoms with Gasteiger partial charge >= 0.3 is 6.18 Å². The molecule has 2 amide bonds. The zero-order valence-electron chi connectivity index (χ0n) is 19.4. The minimum absolute atomic E-state index is 0.0377. The molecule has 0 radical (unpaired) electrons. The Morgan fingerprint density at radius 3 is 2.17 bits per heavy atom. The van der Waals surface area contributed by atoms with Crippen LogP contribution >= 0.6 is 0 Å². The lowest BCUT2D eigenvalue weighted by Gasteiger charge is -2.35. The molecular formula is C26H24F4N2O3. The minimum atomic E-state index is -5.32. The van der Waals surface area contributed by atoms with Crippen molar-refractivity contribution in [1.29, 1.82) is 0 Å². The number of ketones is 1. The molecule has 0 unspecified atom stereocenters. The van der Waals surface area contributed by atoms with Crippen molar-refractivity contribution in [3.63, 3.8) is 0 Å². The van der Waals surface area contributed by atoms with Gasteiger partial charge in [0.2, 0.25) is 5.54 Å². The molecule has 1 heterocycles. The van der Waals surface area contributed by atoms with Gasteiger partial charge in [0.05, 0.1) is 11.6 Å². The molecule has 1 N–H and O–H groups in total. The number of hydrogen-bond donors (Lipinski definition) is 1. The van der Waals surface area contributed by atoms with Crippen molar-refractivity contribution in [2.24, 2.45) is 5.41 Å². The van der Waals surface area contributed by atoms with Crippen LogP contribution in [0.15, 0.2) is 65.9 Å². The lowest BCUT2D eigenvalue weighted by atomic mass is 9.72. The van der Waals surface area contributed by atoms with Crippen LogP contribution in [0.1, 0.15) is 55.6 Å². The second kappa shape index (κ2) is 8.32. The number of hydrogen-bond acceptors (Lipinski definition) is 3. The fraction of sp³-hybridized carbons (Fsp3) is 0.346. The lowest BCUT2D eigenvalue weighted by molar-refractivity contribution is -0.191. The van der Waals surface area contributed by atoms with E-state index in [0.29, 0.717) is 5.56 Å². The first-order valence-corrected chi connectivity index (χ1v) is 11.1. The van der Waals surface area contributed by atoms with Crippen molar-refractivity contribution in [2.45, 2.75) is 51.4 Å². The average Bonchev–Trinajstić information content (AvgIpc) is 3.01. The number of carbonyl (C=O) groups is 3. The molecule has 0 spiro atoms. The maximum atomic E-state index is 14.9. The summed E-state index contributed by atoms with van der Waals surface area (Å²) in [6.07, 6.45) is -5.49. The Hall–Kier alpha value is -3.49. The van der Waals surface area contributed by atoms with Crippen LogP contribution in [0, 0.1) is 11.2 Å². The standard InChI is InChI=1S/C26H24F4N2O3/c1-15(16-7-5-4-6-8-16)32-19-13-24(2,3)14-20(33)21(19)25(23(32)35,26(28,29)30)31-22(34)17-9-11-18(27)12-10-17/h4-12,15H,13-14H2,1-3H3,(H,31,34)/t15-,25-/m0/s1. The topological polar surface area (TPSA) is 66.5 Å². The third kappa shape index (κ3) is 4.02. The Balaban J connectivity index is 1.91. The van der Waals surface area contributed by atoms with E-state index in [1.807, 2.05) is 5.32 Å². The lowest BCUT2D eigenvalue weighted by Crippen LogP contribution is -2.66. The number of nitrogens with one attached hydrogen (secondary N) is 1. The Kier molecular flexibility index (Phi) is 5.85. The van der Waals surface area contributed by atoms with Gasteiger partial charge in [0.15, 0.2) is 5.78 Å². The van der Waals surface area contributed by atoms with Crippen molar-refractivity contribution in [3.8, 4) is 0 Å². The maximum Gasteiger partial charge on any atom is 0.425 e. The van der Waals surface area contributed by atoms with Crippen LogP contribution < -0.4 is 5.32 Å². The predicted octanol–water partition coefficient (Wildman–Crippen LogP) is 5.10. The summed E-state index contributed by atoms with van der Waals surface area (Å²) in [4.78, 5) is 40.9. The third-order valence-electron chi connectivity index (χ3n) is 6.56. The van der Waals surface area contributed by atoms with E-state index in [9.17, 15) is 31.9 Å². The van der Waals surface area contributed by atoms with E-state index in [1.165, 1.54) is 0 Å². The van der Waals surface area contributed by atoms with Gasteiger partial charge in [0.1, 0.15) is 5.82 Å². The SMILES string of the molecule is C[C@@H](c1ccccc1)N1C(=O)[C@](NC(=O)c2ccc(F)cc2)(C(F)(F)F)C2=C1CC(C)(C)CC2=O. The molecule has 2 aromatic rings. The van der Waals surface area contributed by atoms with Crippen molar-refractivity contribution in [3.05, 3.63) is 82.8 Å². The number of halogens is 4. The quantitative estimate of drug-likeness (QED) is 0.609. The zero-order chi connectivity index (χ0) is 25.8. The first kappa shape index (κ1) is 24.6. The van der Waals surface area contributed by atoms with Gasteiger partial charge in [0.25, 0.3) is 11.8 Å². The predicted molar refractivity (Wildman–Crippen MR) is 119 cm³/mol. The molecule has 2 aliphatic rings. The molecule has 1 aliphatic carbocycles. The largest absolute Gasteiger partial charge is 0.425 e. The van der Waals surface area contributed by atoms with E-state index in [4.69, 9.17) is 0 Å². The molecule has 0 saturated heterocycles. The Morgan fingerprint density at radius 2 is 1.60 bits per heavy atom. The number of rotatable bonds is 4. The highest BCUT2D eigenvalue weighted by Gasteiger charge is 2.72. The molecule has 0 aromatic heterocycles. The van der Waals surface area contributed by atoms with Crippen LogP contribution in [0.2, 0.25) is 0 Å².